The summed E-state index contributed by atoms with van der Waals surface area (Å²) in [6, 6.07) is 3.18. The molecule has 0 amide bonds. The molecule has 0 radical (unpaired) electrons. The average molecular weight is 258 g/mol. The third-order valence-corrected chi connectivity index (χ3v) is 1.57. The lowest BCUT2D eigenvalue weighted by Gasteiger charge is -2.16. The Labute approximate surface area is 92.1 Å². The summed E-state index contributed by atoms with van der Waals surface area (Å²) in [5, 5.41) is 0. The molecule has 9 heteroatoms. The molecule has 0 heterocycles. The molecule has 0 saturated heterocycles. The Bertz CT molecular complexity index is 383. The van der Waals surface area contributed by atoms with Gasteiger partial charge in [-0.1, -0.05) is 6.07 Å². The van der Waals surface area contributed by atoms with Crippen LogP contribution in [0.25, 0.3) is 0 Å². The molecule has 1 aromatic carbocycles. The second kappa shape index (κ2) is 5.04. The summed E-state index contributed by atoms with van der Waals surface area (Å²) in [6.45, 7) is -3.28. The van der Waals surface area contributed by atoms with Gasteiger partial charge < -0.3 is 14.9 Å². The number of anilines is 1. The minimum Gasteiger partial charge on any atom is -0.431 e. The number of hydrazine groups is 1. The summed E-state index contributed by atoms with van der Waals surface area (Å²) in [7, 11) is 0. The molecule has 0 unspecified atom stereocenters. The molecule has 96 valence electrons. The van der Waals surface area contributed by atoms with Crippen LogP contribution in [0.15, 0.2) is 18.2 Å². The first-order valence-electron chi connectivity index (χ1n) is 4.13. The monoisotopic (exact) mass is 258 g/mol. The van der Waals surface area contributed by atoms with Crippen LogP contribution in [0.5, 0.6) is 11.5 Å². The van der Waals surface area contributed by atoms with E-state index < -0.39 is 24.5 Å². The van der Waals surface area contributed by atoms with Gasteiger partial charge in [0, 0.05) is 0 Å². The van der Waals surface area contributed by atoms with E-state index in [0.717, 1.165) is 12.1 Å². The fourth-order valence-electron chi connectivity index (χ4n) is 1.04. The zero-order chi connectivity index (χ0) is 13.1. The van der Waals surface area contributed by atoms with E-state index in [9.17, 15) is 22.0 Å². The summed E-state index contributed by atoms with van der Waals surface area (Å²) in [5.41, 5.74) is 1.55. The highest BCUT2D eigenvalue weighted by atomic mass is 19.4. The number of rotatable bonds is 4. The molecule has 3 N–H and O–H groups in total. The quantitative estimate of drug-likeness (QED) is 0.495. The Morgan fingerprint density at radius 1 is 1.24 bits per heavy atom. The van der Waals surface area contributed by atoms with Gasteiger partial charge in [-0.05, 0) is 12.1 Å². The first kappa shape index (κ1) is 13.3. The standard InChI is InChI=1S/C8H7F5N2O2/c9-7(10)16-5-3-1-2-4(15-14)6(5)17-8(11,12)13/h1-3,7,15H,14H2. The van der Waals surface area contributed by atoms with Crippen LogP contribution in [0.2, 0.25) is 0 Å². The van der Waals surface area contributed by atoms with Crippen LogP contribution in [-0.4, -0.2) is 13.0 Å². The molecule has 1 aromatic rings. The van der Waals surface area contributed by atoms with Gasteiger partial charge in [0.15, 0.2) is 11.5 Å². The summed E-state index contributed by atoms with van der Waals surface area (Å²) in [5.74, 6) is 3.20. The van der Waals surface area contributed by atoms with Gasteiger partial charge in [0.1, 0.15) is 0 Å². The molecule has 0 spiro atoms. The summed E-state index contributed by atoms with van der Waals surface area (Å²) < 4.78 is 67.5. The maximum Gasteiger partial charge on any atom is 0.573 e. The van der Waals surface area contributed by atoms with Gasteiger partial charge in [0.25, 0.3) is 0 Å². The van der Waals surface area contributed by atoms with Crippen molar-refractivity contribution >= 4 is 5.69 Å². The van der Waals surface area contributed by atoms with Crippen molar-refractivity contribution in [3.63, 3.8) is 0 Å². The highest BCUT2D eigenvalue weighted by Crippen LogP contribution is 2.39. The molecule has 0 saturated carbocycles. The first-order valence-corrected chi connectivity index (χ1v) is 4.13. The zero-order valence-corrected chi connectivity index (χ0v) is 8.09. The van der Waals surface area contributed by atoms with Crippen molar-refractivity contribution < 1.29 is 31.4 Å². The Hall–Kier alpha value is -1.77. The zero-order valence-electron chi connectivity index (χ0n) is 8.09. The van der Waals surface area contributed by atoms with Crippen molar-refractivity contribution in [2.24, 2.45) is 5.84 Å². The van der Waals surface area contributed by atoms with E-state index in [1.54, 1.807) is 0 Å². The van der Waals surface area contributed by atoms with Crippen molar-refractivity contribution in [2.75, 3.05) is 5.43 Å². The Morgan fingerprint density at radius 3 is 2.35 bits per heavy atom. The number of para-hydroxylation sites is 1. The number of ether oxygens (including phenoxy) is 2. The van der Waals surface area contributed by atoms with Gasteiger partial charge >= 0.3 is 13.0 Å². The second-order valence-electron chi connectivity index (χ2n) is 2.70. The highest BCUT2D eigenvalue weighted by molar-refractivity contribution is 5.62. The Balaban J connectivity index is 3.11. The number of halogens is 5. The van der Waals surface area contributed by atoms with Gasteiger partial charge in [0.05, 0.1) is 5.69 Å². The van der Waals surface area contributed by atoms with Crippen molar-refractivity contribution in [3.8, 4) is 11.5 Å². The molecule has 17 heavy (non-hydrogen) atoms. The number of nitrogens with two attached hydrogens (primary N) is 1. The molecule has 4 nitrogen and oxygen atoms in total. The van der Waals surface area contributed by atoms with Crippen molar-refractivity contribution in [3.05, 3.63) is 18.2 Å². The van der Waals surface area contributed by atoms with Crippen molar-refractivity contribution in [1.29, 1.82) is 0 Å². The van der Waals surface area contributed by atoms with Crippen molar-refractivity contribution in [1.82, 2.24) is 0 Å². The minimum atomic E-state index is -5.05. The molecular weight excluding hydrogens is 251 g/mol. The molecule has 0 aliphatic rings. The third kappa shape index (κ3) is 3.94. The molecule has 0 atom stereocenters. The minimum absolute atomic E-state index is 0.333. The maximum absolute atomic E-state index is 12.0. The van der Waals surface area contributed by atoms with E-state index in [0.29, 0.717) is 0 Å². The second-order valence-corrected chi connectivity index (χ2v) is 2.70. The lowest BCUT2D eigenvalue weighted by molar-refractivity contribution is -0.275. The van der Waals surface area contributed by atoms with Crippen LogP contribution in [0.4, 0.5) is 27.6 Å². The van der Waals surface area contributed by atoms with E-state index in [1.165, 1.54) is 6.07 Å². The summed E-state index contributed by atoms with van der Waals surface area (Å²) in [4.78, 5) is 0. The summed E-state index contributed by atoms with van der Waals surface area (Å²) >= 11 is 0. The van der Waals surface area contributed by atoms with E-state index in [-0.39, 0.29) is 5.69 Å². The van der Waals surface area contributed by atoms with Gasteiger partial charge in [-0.2, -0.15) is 8.78 Å². The number of alkyl halides is 5. The van der Waals surface area contributed by atoms with E-state index in [4.69, 9.17) is 5.84 Å². The van der Waals surface area contributed by atoms with Crippen LogP contribution in [0, 0.1) is 0 Å². The Morgan fingerprint density at radius 2 is 1.88 bits per heavy atom. The van der Waals surface area contributed by atoms with Crippen LogP contribution >= 0.6 is 0 Å². The largest absolute Gasteiger partial charge is 0.573 e. The molecule has 0 aliphatic carbocycles. The van der Waals surface area contributed by atoms with Crippen LogP contribution in [0.3, 0.4) is 0 Å². The maximum atomic E-state index is 12.0. The van der Waals surface area contributed by atoms with Crippen LogP contribution in [0.1, 0.15) is 0 Å². The molecular formula is C8H7F5N2O2. The number of benzene rings is 1. The molecule has 0 fully saturated rings. The van der Waals surface area contributed by atoms with Crippen LogP contribution in [-0.2, 0) is 0 Å². The topological polar surface area (TPSA) is 56.5 Å². The predicted octanol–water partition coefficient (Wildman–Crippen LogP) is 2.47. The fourth-order valence-corrected chi connectivity index (χ4v) is 1.04. The number of hydrogen-bond acceptors (Lipinski definition) is 4. The van der Waals surface area contributed by atoms with Gasteiger partial charge in [-0.3, -0.25) is 5.84 Å². The molecule has 0 bridgehead atoms. The van der Waals surface area contributed by atoms with Crippen molar-refractivity contribution in [2.45, 2.75) is 13.0 Å². The summed E-state index contributed by atoms with van der Waals surface area (Å²) in [6.07, 6.45) is -5.05. The normalized spacial score (nSPS) is 11.5. The highest BCUT2D eigenvalue weighted by Gasteiger charge is 2.34. The van der Waals surface area contributed by atoms with Gasteiger partial charge in [-0.15, -0.1) is 13.2 Å². The predicted molar refractivity (Wildman–Crippen MR) is 47.6 cm³/mol. The fraction of sp³-hybridized carbons (Fsp3) is 0.250. The van der Waals surface area contributed by atoms with E-state index >= 15 is 0 Å². The molecule has 0 aliphatic heterocycles. The average Bonchev–Trinajstić information content (AvgIpc) is 2.17. The lowest BCUT2D eigenvalue weighted by atomic mass is 10.3. The number of nitrogen functional groups attached to an aromatic ring is 1. The van der Waals surface area contributed by atoms with Crippen LogP contribution < -0.4 is 20.7 Å². The van der Waals surface area contributed by atoms with Gasteiger partial charge in [-0.25, -0.2) is 0 Å². The third-order valence-electron chi connectivity index (χ3n) is 1.57. The first-order chi connectivity index (χ1) is 7.83. The SMILES string of the molecule is NNc1cccc(OC(F)F)c1OC(F)(F)F. The lowest BCUT2D eigenvalue weighted by Crippen LogP contribution is -2.20. The molecule has 0 aromatic heterocycles. The molecule has 1 rings (SSSR count). The van der Waals surface area contributed by atoms with E-state index in [1.807, 2.05) is 5.43 Å². The number of nitrogens with one attached hydrogen (secondary N) is 1. The van der Waals surface area contributed by atoms with Gasteiger partial charge in [0.2, 0.25) is 0 Å². The Kier molecular flexibility index (Phi) is 3.94. The number of hydrogen-bond donors (Lipinski definition) is 2. The van der Waals surface area contributed by atoms with E-state index in [2.05, 4.69) is 9.47 Å². The smallest absolute Gasteiger partial charge is 0.431 e.